The molecule has 0 aliphatic heterocycles. The Balaban J connectivity index is 1.76. The molecule has 2 aromatic heterocycles. The minimum Gasteiger partial charge on any atom is -0.482 e. The van der Waals surface area contributed by atoms with Gasteiger partial charge in [0.05, 0.1) is 22.3 Å². The van der Waals surface area contributed by atoms with E-state index in [1.807, 2.05) is 24.5 Å². The summed E-state index contributed by atoms with van der Waals surface area (Å²) in [5, 5.41) is 12.6. The van der Waals surface area contributed by atoms with E-state index in [4.69, 9.17) is 26.8 Å². The van der Waals surface area contributed by atoms with Crippen LogP contribution in [0.25, 0.3) is 0 Å². The number of nitrogens with one attached hydrogen (secondary N) is 1. The third kappa shape index (κ3) is 7.40. The van der Waals surface area contributed by atoms with Crippen molar-refractivity contribution in [3.8, 4) is 5.75 Å². The number of nitrogens with zero attached hydrogens (tertiary/aromatic N) is 3. The molecule has 0 radical (unpaired) electrons. The predicted octanol–water partition coefficient (Wildman–Crippen LogP) is 5.33. The fourth-order valence-electron chi connectivity index (χ4n) is 3.64. The third-order valence-corrected chi connectivity index (χ3v) is 7.79. The first-order valence-electron chi connectivity index (χ1n) is 12.0. The molecule has 0 bridgehead atoms. The summed E-state index contributed by atoms with van der Waals surface area (Å²) >= 11 is 8.14. The summed E-state index contributed by atoms with van der Waals surface area (Å²) in [5.74, 6) is -0.558. The Bertz CT molecular complexity index is 1400. The zero-order chi connectivity index (χ0) is 28.9. The quantitative estimate of drug-likeness (QED) is 0.164. The average Bonchev–Trinajstić information content (AvgIpc) is 3.39. The van der Waals surface area contributed by atoms with Crippen LogP contribution in [0.1, 0.15) is 63.9 Å². The monoisotopic (exact) mass is 591 g/mol. The lowest BCUT2D eigenvalue weighted by Crippen LogP contribution is -2.18. The second-order valence-corrected chi connectivity index (χ2v) is 11.2. The first-order chi connectivity index (χ1) is 18.4. The highest BCUT2D eigenvalue weighted by Gasteiger charge is 2.27. The minimum atomic E-state index is -0.693. The molecule has 0 aliphatic rings. The molecular formula is C26H30ClN5O5S2. The zero-order valence-electron chi connectivity index (χ0n) is 22.2. The van der Waals surface area contributed by atoms with E-state index in [9.17, 15) is 14.4 Å². The molecule has 0 saturated carbocycles. The number of anilines is 1. The Morgan fingerprint density at radius 1 is 1.26 bits per heavy atom. The van der Waals surface area contributed by atoms with Gasteiger partial charge in [-0.25, -0.2) is 4.79 Å². The number of nitrogens with two attached hydrogens (primary N) is 1. The number of carbonyl (C=O) groups is 3. The van der Waals surface area contributed by atoms with Crippen LogP contribution in [0, 0.1) is 13.8 Å². The molecule has 0 saturated heterocycles. The van der Waals surface area contributed by atoms with Gasteiger partial charge in [0.25, 0.3) is 5.91 Å². The number of amides is 2. The lowest BCUT2D eigenvalue weighted by molar-refractivity contribution is -0.113. The highest BCUT2D eigenvalue weighted by Crippen LogP contribution is 2.34. The number of primary amides is 1. The molecule has 208 valence electrons. The van der Waals surface area contributed by atoms with Crippen molar-refractivity contribution in [1.29, 1.82) is 0 Å². The van der Waals surface area contributed by atoms with Gasteiger partial charge >= 0.3 is 5.97 Å². The highest BCUT2D eigenvalue weighted by molar-refractivity contribution is 7.99. The lowest BCUT2D eigenvalue weighted by Gasteiger charge is -2.17. The van der Waals surface area contributed by atoms with E-state index in [2.05, 4.69) is 22.1 Å². The van der Waals surface area contributed by atoms with Crippen LogP contribution >= 0.6 is 34.7 Å². The standard InChI is InChI=1S/C26H30ClN5O5S2/c1-7-10-32-23(16(6)37-18-9-8-17(27)11-14(18)4)30-31-26(32)38-12-19(33)29-24-20(25(35)36-13(2)3)15(5)21(39-24)22(28)34/h7-9,11,13,16H,1,10,12H2,2-6H3,(H2,28,34)(H,29,33). The smallest absolute Gasteiger partial charge is 0.341 e. The Morgan fingerprint density at radius 3 is 2.59 bits per heavy atom. The number of rotatable bonds is 12. The van der Waals surface area contributed by atoms with Crippen LogP contribution in [0.4, 0.5) is 5.00 Å². The van der Waals surface area contributed by atoms with Crippen molar-refractivity contribution in [3.63, 3.8) is 0 Å². The molecule has 3 aromatic rings. The van der Waals surface area contributed by atoms with Crippen LogP contribution in [0.2, 0.25) is 5.02 Å². The number of thioether (sulfide) groups is 1. The van der Waals surface area contributed by atoms with Gasteiger partial charge in [-0.05, 0) is 63.9 Å². The van der Waals surface area contributed by atoms with Crippen LogP contribution in [-0.4, -0.2) is 44.4 Å². The maximum atomic E-state index is 12.9. The Kier molecular flexibility index (Phi) is 10.2. The summed E-state index contributed by atoms with van der Waals surface area (Å²) in [6, 6.07) is 5.36. The number of hydrogen-bond acceptors (Lipinski definition) is 9. The van der Waals surface area contributed by atoms with Gasteiger partial charge in [-0.1, -0.05) is 29.4 Å². The van der Waals surface area contributed by atoms with Gasteiger partial charge < -0.3 is 20.5 Å². The molecule has 39 heavy (non-hydrogen) atoms. The lowest BCUT2D eigenvalue weighted by atomic mass is 10.1. The molecular weight excluding hydrogens is 562 g/mol. The van der Waals surface area contributed by atoms with Gasteiger partial charge in [0.2, 0.25) is 5.91 Å². The summed E-state index contributed by atoms with van der Waals surface area (Å²) in [6.07, 6.45) is 0.869. The van der Waals surface area contributed by atoms with Crippen molar-refractivity contribution in [2.45, 2.75) is 58.5 Å². The van der Waals surface area contributed by atoms with Crippen molar-refractivity contribution in [2.24, 2.45) is 5.73 Å². The van der Waals surface area contributed by atoms with Crippen molar-refractivity contribution in [1.82, 2.24) is 14.8 Å². The highest BCUT2D eigenvalue weighted by atomic mass is 35.5. The number of hydrogen-bond donors (Lipinski definition) is 2. The van der Waals surface area contributed by atoms with Crippen molar-refractivity contribution < 1.29 is 23.9 Å². The minimum absolute atomic E-state index is 0.0394. The maximum absolute atomic E-state index is 12.9. The molecule has 2 amide bonds. The third-order valence-electron chi connectivity index (χ3n) is 5.36. The van der Waals surface area contributed by atoms with E-state index < -0.39 is 23.9 Å². The van der Waals surface area contributed by atoms with Crippen LogP contribution in [0.15, 0.2) is 36.0 Å². The van der Waals surface area contributed by atoms with E-state index in [0.29, 0.717) is 33.9 Å². The van der Waals surface area contributed by atoms with Crippen LogP contribution < -0.4 is 15.8 Å². The molecule has 1 aromatic carbocycles. The summed E-state index contributed by atoms with van der Waals surface area (Å²) in [4.78, 5) is 37.6. The van der Waals surface area contributed by atoms with E-state index in [0.717, 1.165) is 28.7 Å². The predicted molar refractivity (Wildman–Crippen MR) is 153 cm³/mol. The first kappa shape index (κ1) is 30.2. The van der Waals surface area contributed by atoms with Gasteiger partial charge in [-0.15, -0.1) is 28.1 Å². The van der Waals surface area contributed by atoms with Crippen LogP contribution in [-0.2, 0) is 16.1 Å². The van der Waals surface area contributed by atoms with E-state index in [1.165, 1.54) is 0 Å². The molecule has 0 fully saturated rings. The molecule has 3 N–H and O–H groups in total. The number of esters is 1. The number of thiophene rings is 1. The second-order valence-electron chi connectivity index (χ2n) is 8.83. The largest absolute Gasteiger partial charge is 0.482 e. The Hall–Kier alpha value is -3.35. The van der Waals surface area contributed by atoms with Crippen LogP contribution in [0.3, 0.4) is 0 Å². The van der Waals surface area contributed by atoms with Crippen molar-refractivity contribution in [3.05, 3.63) is 63.3 Å². The molecule has 2 heterocycles. The van der Waals surface area contributed by atoms with Gasteiger partial charge in [-0.3, -0.25) is 14.2 Å². The molecule has 0 spiro atoms. The number of aryl methyl sites for hydroxylation is 1. The van der Waals surface area contributed by atoms with E-state index >= 15 is 0 Å². The fraction of sp³-hybridized carbons (Fsp3) is 0.346. The molecule has 0 aliphatic carbocycles. The van der Waals surface area contributed by atoms with E-state index in [-0.39, 0.29) is 27.3 Å². The second kappa shape index (κ2) is 13.1. The first-order valence-corrected chi connectivity index (χ1v) is 14.1. The van der Waals surface area contributed by atoms with Gasteiger partial charge in [0, 0.05) is 11.6 Å². The van der Waals surface area contributed by atoms with Crippen molar-refractivity contribution >= 4 is 57.5 Å². The Morgan fingerprint density at radius 2 is 1.97 bits per heavy atom. The fourth-order valence-corrected chi connectivity index (χ4v) is 5.69. The normalized spacial score (nSPS) is 11.8. The van der Waals surface area contributed by atoms with Crippen LogP contribution in [0.5, 0.6) is 5.75 Å². The molecule has 3 rings (SSSR count). The molecule has 1 unspecified atom stereocenters. The number of halogens is 1. The summed E-state index contributed by atoms with van der Waals surface area (Å²) in [6.45, 7) is 13.0. The number of ether oxygens (including phenoxy) is 2. The molecule has 10 nitrogen and oxygen atoms in total. The summed E-state index contributed by atoms with van der Waals surface area (Å²) in [5.41, 5.74) is 6.82. The summed E-state index contributed by atoms with van der Waals surface area (Å²) < 4.78 is 13.2. The topological polar surface area (TPSA) is 138 Å². The van der Waals surface area contributed by atoms with Gasteiger partial charge in [0.15, 0.2) is 17.1 Å². The molecule has 13 heteroatoms. The van der Waals surface area contributed by atoms with Crippen molar-refractivity contribution in [2.75, 3.05) is 11.1 Å². The van der Waals surface area contributed by atoms with Gasteiger partial charge in [-0.2, -0.15) is 0 Å². The van der Waals surface area contributed by atoms with E-state index in [1.54, 1.807) is 39.0 Å². The number of carbonyl (C=O) groups excluding carboxylic acids is 3. The Labute approximate surface area is 239 Å². The number of allylic oxidation sites excluding steroid dienone is 1. The number of benzene rings is 1. The number of aromatic nitrogens is 3. The average molecular weight is 592 g/mol. The molecule has 1 atom stereocenters. The SMILES string of the molecule is C=CCn1c(SCC(=O)Nc2sc(C(N)=O)c(C)c2C(=O)OC(C)C)nnc1C(C)Oc1ccc(Cl)cc1C. The van der Waals surface area contributed by atoms with Gasteiger partial charge in [0.1, 0.15) is 10.8 Å². The summed E-state index contributed by atoms with van der Waals surface area (Å²) in [7, 11) is 0. The zero-order valence-corrected chi connectivity index (χ0v) is 24.6. The maximum Gasteiger partial charge on any atom is 0.341 e.